The molecule has 0 bridgehead atoms. The number of hydrogen-bond donors (Lipinski definition) is 2. The van der Waals surface area contributed by atoms with Gasteiger partial charge in [-0.05, 0) is 30.9 Å². The number of amides is 1. The van der Waals surface area contributed by atoms with E-state index in [2.05, 4.69) is 15.1 Å². The molecule has 2 fully saturated rings. The van der Waals surface area contributed by atoms with Crippen LogP contribution >= 0.6 is 0 Å². The zero-order valence-electron chi connectivity index (χ0n) is 16.8. The molecule has 4 rings (SSSR count). The lowest BCUT2D eigenvalue weighted by molar-refractivity contribution is 0.0410. The van der Waals surface area contributed by atoms with E-state index in [4.69, 9.17) is 15.2 Å². The lowest BCUT2D eigenvalue weighted by atomic mass is 10.0. The van der Waals surface area contributed by atoms with Crippen LogP contribution in [0.15, 0.2) is 12.1 Å². The van der Waals surface area contributed by atoms with Gasteiger partial charge in [-0.25, -0.2) is 0 Å². The molecule has 1 aromatic carbocycles. The van der Waals surface area contributed by atoms with Gasteiger partial charge in [0.15, 0.2) is 0 Å². The molecule has 1 amide bonds. The number of carbonyl (C=O) groups excluding carboxylic acids is 1. The molecule has 7 heteroatoms. The van der Waals surface area contributed by atoms with E-state index in [0.717, 1.165) is 50.6 Å². The lowest BCUT2D eigenvalue weighted by Crippen LogP contribution is -2.50. The van der Waals surface area contributed by atoms with Crippen LogP contribution in [0.5, 0.6) is 5.75 Å². The SMILES string of the molecule is CO[C@@H](CNC(=O)c1ccc(N)c2c1CCO2)CN1CCN(CC2CC2)CC1. The van der Waals surface area contributed by atoms with Crippen molar-refractivity contribution in [2.75, 3.05) is 65.3 Å². The number of nitrogen functional groups attached to an aromatic ring is 1. The number of nitrogens with two attached hydrogens (primary N) is 1. The van der Waals surface area contributed by atoms with Gasteiger partial charge >= 0.3 is 0 Å². The minimum atomic E-state index is -0.0851. The predicted molar refractivity (Wildman–Crippen MR) is 109 cm³/mol. The van der Waals surface area contributed by atoms with E-state index >= 15 is 0 Å². The number of anilines is 1. The first-order chi connectivity index (χ1) is 13.6. The van der Waals surface area contributed by atoms with Crippen LogP contribution in [0.25, 0.3) is 0 Å². The van der Waals surface area contributed by atoms with Crippen molar-refractivity contribution in [3.8, 4) is 5.75 Å². The number of hydrogen-bond acceptors (Lipinski definition) is 6. The fraction of sp³-hybridized carbons (Fsp3) is 0.667. The average Bonchev–Trinajstić information content (AvgIpc) is 3.38. The monoisotopic (exact) mass is 388 g/mol. The first-order valence-electron chi connectivity index (χ1n) is 10.4. The largest absolute Gasteiger partial charge is 0.491 e. The molecule has 0 radical (unpaired) electrons. The Bertz CT molecular complexity index is 699. The summed E-state index contributed by atoms with van der Waals surface area (Å²) in [5, 5.41) is 3.03. The molecule has 0 unspecified atom stereocenters. The van der Waals surface area contributed by atoms with Gasteiger partial charge < -0.3 is 25.4 Å². The van der Waals surface area contributed by atoms with Gasteiger partial charge in [0, 0.05) is 70.5 Å². The van der Waals surface area contributed by atoms with Gasteiger partial charge in [0.2, 0.25) is 0 Å². The molecule has 2 aliphatic heterocycles. The van der Waals surface area contributed by atoms with E-state index in [1.165, 1.54) is 19.4 Å². The number of benzene rings is 1. The number of piperazine rings is 1. The van der Waals surface area contributed by atoms with Crippen molar-refractivity contribution in [3.63, 3.8) is 0 Å². The summed E-state index contributed by atoms with van der Waals surface area (Å²) in [5.41, 5.74) is 8.11. The molecule has 2 heterocycles. The zero-order valence-corrected chi connectivity index (χ0v) is 16.8. The Balaban J connectivity index is 1.25. The van der Waals surface area contributed by atoms with Gasteiger partial charge in [-0.3, -0.25) is 9.69 Å². The van der Waals surface area contributed by atoms with Crippen molar-refractivity contribution in [1.29, 1.82) is 0 Å². The molecule has 0 aromatic heterocycles. The van der Waals surface area contributed by atoms with Crippen LogP contribution < -0.4 is 15.8 Å². The van der Waals surface area contributed by atoms with Gasteiger partial charge in [0.05, 0.1) is 18.4 Å². The van der Waals surface area contributed by atoms with Crippen molar-refractivity contribution in [2.45, 2.75) is 25.4 Å². The number of nitrogens with one attached hydrogen (secondary N) is 1. The second-order valence-corrected chi connectivity index (χ2v) is 8.22. The highest BCUT2D eigenvalue weighted by Gasteiger charge is 2.27. The molecule has 0 spiro atoms. The Hall–Kier alpha value is -1.83. The first-order valence-corrected chi connectivity index (χ1v) is 10.4. The number of ether oxygens (including phenoxy) is 2. The fourth-order valence-electron chi connectivity index (χ4n) is 4.16. The second-order valence-electron chi connectivity index (χ2n) is 8.22. The molecular formula is C21H32N4O3. The molecule has 1 saturated heterocycles. The van der Waals surface area contributed by atoms with Gasteiger partial charge in [0.1, 0.15) is 5.75 Å². The zero-order chi connectivity index (χ0) is 19.5. The number of carbonyl (C=O) groups is 1. The van der Waals surface area contributed by atoms with Crippen molar-refractivity contribution < 1.29 is 14.3 Å². The number of methoxy groups -OCH3 is 1. The standard InChI is InChI=1S/C21H32N4O3/c1-27-16(14-25-9-7-24(8-10-25)13-15-2-3-15)12-23-21(26)18-4-5-19(22)20-17(18)6-11-28-20/h4-5,15-16H,2-3,6-14,22H2,1H3,(H,23,26)/t16-/m0/s1. The topological polar surface area (TPSA) is 80.1 Å². The predicted octanol–water partition coefficient (Wildman–Crippen LogP) is 0.976. The van der Waals surface area contributed by atoms with Crippen LogP contribution in [0.4, 0.5) is 5.69 Å². The summed E-state index contributed by atoms with van der Waals surface area (Å²) in [6.45, 7) is 7.61. The van der Waals surface area contributed by atoms with E-state index in [1.807, 2.05) is 0 Å². The van der Waals surface area contributed by atoms with Crippen LogP contribution in [0.1, 0.15) is 28.8 Å². The Kier molecular flexibility index (Phi) is 6.04. The van der Waals surface area contributed by atoms with E-state index in [-0.39, 0.29) is 12.0 Å². The van der Waals surface area contributed by atoms with Crippen LogP contribution in [0.3, 0.4) is 0 Å². The molecule has 1 saturated carbocycles. The van der Waals surface area contributed by atoms with E-state index in [1.54, 1.807) is 19.2 Å². The Morgan fingerprint density at radius 2 is 2.04 bits per heavy atom. The molecule has 7 nitrogen and oxygen atoms in total. The average molecular weight is 389 g/mol. The Labute approximate surface area is 167 Å². The van der Waals surface area contributed by atoms with Gasteiger partial charge in [-0.2, -0.15) is 0 Å². The van der Waals surface area contributed by atoms with E-state index in [0.29, 0.717) is 30.2 Å². The third-order valence-corrected chi connectivity index (χ3v) is 6.10. The van der Waals surface area contributed by atoms with E-state index < -0.39 is 0 Å². The summed E-state index contributed by atoms with van der Waals surface area (Å²) in [4.78, 5) is 17.7. The molecule has 1 aromatic rings. The van der Waals surface area contributed by atoms with Crippen LogP contribution in [0, 0.1) is 5.92 Å². The molecule has 1 aliphatic carbocycles. The van der Waals surface area contributed by atoms with Gasteiger partial charge in [-0.1, -0.05) is 0 Å². The minimum absolute atomic E-state index is 0.0167. The van der Waals surface area contributed by atoms with E-state index in [9.17, 15) is 4.79 Å². The van der Waals surface area contributed by atoms with Crippen molar-refractivity contribution in [3.05, 3.63) is 23.3 Å². The highest BCUT2D eigenvalue weighted by atomic mass is 16.5. The third kappa shape index (κ3) is 4.59. The summed E-state index contributed by atoms with van der Waals surface area (Å²) in [6.07, 6.45) is 3.53. The van der Waals surface area contributed by atoms with Crippen molar-refractivity contribution in [1.82, 2.24) is 15.1 Å². The van der Waals surface area contributed by atoms with Crippen LogP contribution in [-0.4, -0.2) is 81.3 Å². The maximum atomic E-state index is 12.7. The lowest BCUT2D eigenvalue weighted by Gasteiger charge is -2.36. The first kappa shape index (κ1) is 19.5. The van der Waals surface area contributed by atoms with Crippen molar-refractivity contribution in [2.24, 2.45) is 5.92 Å². The summed E-state index contributed by atoms with van der Waals surface area (Å²) >= 11 is 0. The molecule has 154 valence electrons. The molecular weight excluding hydrogens is 356 g/mol. The van der Waals surface area contributed by atoms with Crippen molar-refractivity contribution >= 4 is 11.6 Å². The molecule has 3 aliphatic rings. The maximum absolute atomic E-state index is 12.7. The minimum Gasteiger partial charge on any atom is -0.491 e. The smallest absolute Gasteiger partial charge is 0.251 e. The number of fused-ring (bicyclic) bond motifs is 1. The summed E-state index contributed by atoms with van der Waals surface area (Å²) in [6, 6.07) is 3.53. The molecule has 3 N–H and O–H groups in total. The molecule has 28 heavy (non-hydrogen) atoms. The highest BCUT2D eigenvalue weighted by molar-refractivity contribution is 5.97. The fourth-order valence-corrected chi connectivity index (χ4v) is 4.16. The second kappa shape index (κ2) is 8.68. The Morgan fingerprint density at radius 1 is 1.29 bits per heavy atom. The van der Waals surface area contributed by atoms with Crippen LogP contribution in [0.2, 0.25) is 0 Å². The number of rotatable bonds is 8. The summed E-state index contributed by atoms with van der Waals surface area (Å²) < 4.78 is 11.2. The summed E-state index contributed by atoms with van der Waals surface area (Å²) in [7, 11) is 1.72. The third-order valence-electron chi connectivity index (χ3n) is 6.10. The van der Waals surface area contributed by atoms with Gasteiger partial charge in [-0.15, -0.1) is 0 Å². The normalized spacial score (nSPS) is 21.2. The number of nitrogens with zero attached hydrogens (tertiary/aromatic N) is 2. The Morgan fingerprint density at radius 3 is 2.75 bits per heavy atom. The maximum Gasteiger partial charge on any atom is 0.251 e. The van der Waals surface area contributed by atoms with Crippen LogP contribution in [-0.2, 0) is 11.2 Å². The quantitative estimate of drug-likeness (QED) is 0.646. The highest BCUT2D eigenvalue weighted by Crippen LogP contribution is 2.34. The van der Waals surface area contributed by atoms with Gasteiger partial charge in [0.25, 0.3) is 5.91 Å². The molecule has 1 atom stereocenters. The summed E-state index contributed by atoms with van der Waals surface area (Å²) in [5.74, 6) is 1.53.